The van der Waals surface area contributed by atoms with E-state index in [2.05, 4.69) is 25.7 Å². The molecule has 1 heterocycles. The van der Waals surface area contributed by atoms with Crippen molar-refractivity contribution in [1.82, 2.24) is 4.98 Å². The zero-order valence-corrected chi connectivity index (χ0v) is 11.9. The van der Waals surface area contributed by atoms with Gasteiger partial charge < -0.3 is 4.74 Å². The smallest absolute Gasteiger partial charge is 0.311 e. The van der Waals surface area contributed by atoms with E-state index in [0.717, 1.165) is 0 Å². The molecule has 0 radical (unpaired) electrons. The average molecular weight is 406 g/mol. The molecule has 16 heavy (non-hydrogen) atoms. The molecular formula is C9H7BrF2INO2. The minimum atomic E-state index is -2.59. The highest BCUT2D eigenvalue weighted by Gasteiger charge is 2.17. The molecule has 0 spiro atoms. The summed E-state index contributed by atoms with van der Waals surface area (Å²) in [5.41, 5.74) is 0.121. The molecule has 0 bridgehead atoms. The Hall–Kier alpha value is -0.310. The molecule has 0 aliphatic heterocycles. The number of esters is 1. The number of hydrogen-bond donors (Lipinski definition) is 0. The summed E-state index contributed by atoms with van der Waals surface area (Å²) in [6.45, 7) is 0. The fraction of sp³-hybridized carbons (Fsp3) is 0.333. The summed E-state index contributed by atoms with van der Waals surface area (Å²) in [7, 11) is 1.23. The number of pyridine rings is 1. The second-order valence-electron chi connectivity index (χ2n) is 2.86. The van der Waals surface area contributed by atoms with Gasteiger partial charge in [0.15, 0.2) is 0 Å². The lowest BCUT2D eigenvalue weighted by molar-refractivity contribution is -0.139. The Kier molecular flexibility index (Phi) is 5.03. The van der Waals surface area contributed by atoms with E-state index in [-0.39, 0.29) is 17.7 Å². The normalized spacial score (nSPS) is 10.6. The van der Waals surface area contributed by atoms with Crippen molar-refractivity contribution in [2.45, 2.75) is 12.8 Å². The summed E-state index contributed by atoms with van der Waals surface area (Å²) in [5.74, 6) is -0.513. The predicted octanol–water partition coefficient (Wildman–Crippen LogP) is 3.10. The summed E-state index contributed by atoms with van der Waals surface area (Å²) in [5, 5.41) is 0. The Morgan fingerprint density at radius 2 is 2.31 bits per heavy atom. The molecule has 7 heteroatoms. The van der Waals surface area contributed by atoms with E-state index in [0.29, 0.717) is 8.17 Å². The molecule has 0 aliphatic carbocycles. The average Bonchev–Trinajstić information content (AvgIpc) is 2.22. The van der Waals surface area contributed by atoms with Gasteiger partial charge in [0.2, 0.25) is 0 Å². The van der Waals surface area contributed by atoms with Gasteiger partial charge in [-0.3, -0.25) is 4.79 Å². The number of methoxy groups -OCH3 is 1. The van der Waals surface area contributed by atoms with E-state index in [1.807, 2.05) is 0 Å². The number of alkyl halides is 2. The first-order valence-electron chi connectivity index (χ1n) is 4.15. The van der Waals surface area contributed by atoms with E-state index in [9.17, 15) is 13.6 Å². The molecule has 0 amide bonds. The third-order valence-corrected chi connectivity index (χ3v) is 4.24. The van der Waals surface area contributed by atoms with E-state index in [1.165, 1.54) is 13.2 Å². The summed E-state index contributed by atoms with van der Waals surface area (Å²) in [6, 6.07) is 1.22. The van der Waals surface area contributed by atoms with Gasteiger partial charge >= 0.3 is 5.97 Å². The molecule has 0 saturated heterocycles. The number of carbonyl (C=O) groups is 1. The highest BCUT2D eigenvalue weighted by molar-refractivity contribution is 14.1. The van der Waals surface area contributed by atoms with Crippen molar-refractivity contribution < 1.29 is 18.3 Å². The minimum Gasteiger partial charge on any atom is -0.469 e. The van der Waals surface area contributed by atoms with Crippen molar-refractivity contribution in [3.63, 3.8) is 0 Å². The maximum atomic E-state index is 12.6. The fourth-order valence-electron chi connectivity index (χ4n) is 1.04. The molecule has 88 valence electrons. The van der Waals surface area contributed by atoms with Crippen LogP contribution in [0.5, 0.6) is 0 Å². The Balaban J connectivity index is 3.09. The molecule has 0 aliphatic rings. The quantitative estimate of drug-likeness (QED) is 0.440. The summed E-state index contributed by atoms with van der Waals surface area (Å²) in [6.07, 6.45) is -2.71. The van der Waals surface area contributed by atoms with Crippen LogP contribution in [0.2, 0.25) is 0 Å². The van der Waals surface area contributed by atoms with Crippen molar-refractivity contribution in [3.05, 3.63) is 25.5 Å². The summed E-state index contributed by atoms with van der Waals surface area (Å²) >= 11 is 4.85. The van der Waals surface area contributed by atoms with Gasteiger partial charge in [0.1, 0.15) is 4.60 Å². The van der Waals surface area contributed by atoms with Gasteiger partial charge in [-0.05, 0) is 44.6 Å². The van der Waals surface area contributed by atoms with Crippen molar-refractivity contribution in [3.8, 4) is 0 Å². The first-order valence-corrected chi connectivity index (χ1v) is 6.02. The minimum absolute atomic E-state index is 0.119. The Labute approximate surface area is 113 Å². The van der Waals surface area contributed by atoms with Crippen LogP contribution in [0.1, 0.15) is 17.7 Å². The first kappa shape index (κ1) is 13.8. The predicted molar refractivity (Wildman–Crippen MR) is 65.3 cm³/mol. The number of nitrogens with zero attached hydrogens (tertiary/aromatic N) is 1. The van der Waals surface area contributed by atoms with Gasteiger partial charge in [0.05, 0.1) is 22.8 Å². The highest BCUT2D eigenvalue weighted by atomic mass is 127. The Bertz CT molecular complexity index is 415. The van der Waals surface area contributed by atoms with Crippen LogP contribution in [0.25, 0.3) is 0 Å². The van der Waals surface area contributed by atoms with Crippen LogP contribution in [0.15, 0.2) is 10.7 Å². The van der Waals surface area contributed by atoms with Crippen molar-refractivity contribution in [2.24, 2.45) is 0 Å². The number of hydrogen-bond acceptors (Lipinski definition) is 3. The molecular weight excluding hydrogens is 399 g/mol. The van der Waals surface area contributed by atoms with Gasteiger partial charge in [-0.2, -0.15) is 0 Å². The summed E-state index contributed by atoms with van der Waals surface area (Å²) < 4.78 is 30.4. The van der Waals surface area contributed by atoms with Crippen LogP contribution in [-0.4, -0.2) is 18.1 Å². The van der Waals surface area contributed by atoms with Crippen molar-refractivity contribution >= 4 is 44.5 Å². The number of ether oxygens (including phenoxy) is 1. The third-order valence-electron chi connectivity index (χ3n) is 1.79. The van der Waals surface area contributed by atoms with Crippen LogP contribution in [-0.2, 0) is 16.0 Å². The topological polar surface area (TPSA) is 39.2 Å². The molecule has 1 aromatic rings. The van der Waals surface area contributed by atoms with Gasteiger partial charge in [0, 0.05) is 5.56 Å². The monoisotopic (exact) mass is 405 g/mol. The van der Waals surface area contributed by atoms with E-state index < -0.39 is 12.4 Å². The standard InChI is InChI=1S/C9H7BrF2INO2/c1-16-6(15)3-4-2-5(9(11)12)7(13)8(10)14-4/h2,9H,3H2,1H3. The molecule has 1 aromatic heterocycles. The maximum absolute atomic E-state index is 12.6. The van der Waals surface area contributed by atoms with Crippen LogP contribution in [0.3, 0.4) is 0 Å². The lowest BCUT2D eigenvalue weighted by Crippen LogP contribution is -2.08. The number of carbonyl (C=O) groups excluding carboxylic acids is 1. The lowest BCUT2D eigenvalue weighted by atomic mass is 10.2. The number of halogens is 4. The Morgan fingerprint density at radius 3 is 2.81 bits per heavy atom. The second kappa shape index (κ2) is 5.85. The van der Waals surface area contributed by atoms with Gasteiger partial charge in [0.25, 0.3) is 6.43 Å². The molecule has 0 atom stereocenters. The zero-order chi connectivity index (χ0) is 12.3. The maximum Gasteiger partial charge on any atom is 0.311 e. The molecule has 0 fully saturated rings. The lowest BCUT2D eigenvalue weighted by Gasteiger charge is -2.07. The van der Waals surface area contributed by atoms with E-state index in [4.69, 9.17) is 0 Å². The molecule has 0 N–H and O–H groups in total. The van der Waals surface area contributed by atoms with Gasteiger partial charge in [-0.15, -0.1) is 0 Å². The Morgan fingerprint density at radius 1 is 1.69 bits per heavy atom. The van der Waals surface area contributed by atoms with Crippen LogP contribution >= 0.6 is 38.5 Å². The van der Waals surface area contributed by atoms with Gasteiger partial charge in [-0.25, -0.2) is 13.8 Å². The third kappa shape index (κ3) is 3.34. The SMILES string of the molecule is COC(=O)Cc1cc(C(F)F)c(I)c(Br)n1. The van der Waals surface area contributed by atoms with E-state index in [1.54, 1.807) is 22.6 Å². The van der Waals surface area contributed by atoms with Gasteiger partial charge in [-0.1, -0.05) is 0 Å². The zero-order valence-electron chi connectivity index (χ0n) is 8.14. The van der Waals surface area contributed by atoms with Crippen molar-refractivity contribution in [1.29, 1.82) is 0 Å². The second-order valence-corrected chi connectivity index (χ2v) is 4.69. The summed E-state index contributed by atoms with van der Waals surface area (Å²) in [4.78, 5) is 15.0. The van der Waals surface area contributed by atoms with Crippen LogP contribution < -0.4 is 0 Å². The molecule has 3 nitrogen and oxygen atoms in total. The van der Waals surface area contributed by atoms with Crippen LogP contribution in [0.4, 0.5) is 8.78 Å². The molecule has 0 aromatic carbocycles. The van der Waals surface area contributed by atoms with Crippen molar-refractivity contribution in [2.75, 3.05) is 7.11 Å². The molecule has 0 unspecified atom stereocenters. The molecule has 0 saturated carbocycles. The highest BCUT2D eigenvalue weighted by Crippen LogP contribution is 2.29. The largest absolute Gasteiger partial charge is 0.469 e. The number of aromatic nitrogens is 1. The van der Waals surface area contributed by atoms with Crippen LogP contribution in [0, 0.1) is 3.57 Å². The molecule has 1 rings (SSSR count). The first-order chi connectivity index (χ1) is 7.45. The number of rotatable bonds is 3. The fourth-order valence-corrected chi connectivity index (χ4v) is 2.01. The van der Waals surface area contributed by atoms with E-state index >= 15 is 0 Å².